The van der Waals surface area contributed by atoms with Crippen LogP contribution in [0.2, 0.25) is 0 Å². The van der Waals surface area contributed by atoms with Gasteiger partial charge in [-0.05, 0) is 31.9 Å². The highest BCUT2D eigenvalue weighted by Gasteiger charge is 2.03. The van der Waals surface area contributed by atoms with Gasteiger partial charge in [0.25, 0.3) is 0 Å². The molecule has 1 aromatic carbocycles. The summed E-state index contributed by atoms with van der Waals surface area (Å²) in [6.45, 7) is 2.86. The lowest BCUT2D eigenvalue weighted by Crippen LogP contribution is -2.06. The maximum atomic E-state index is 5.64. The van der Waals surface area contributed by atoms with Crippen molar-refractivity contribution in [1.29, 1.82) is 0 Å². The van der Waals surface area contributed by atoms with Gasteiger partial charge in [-0.15, -0.1) is 11.6 Å². The van der Waals surface area contributed by atoms with Crippen molar-refractivity contribution in [2.45, 2.75) is 19.8 Å². The van der Waals surface area contributed by atoms with E-state index in [1.54, 1.807) is 0 Å². The smallest absolute Gasteiger partial charge is 0.148 e. The fourth-order valence-corrected chi connectivity index (χ4v) is 1.87. The number of fused-ring (bicyclic) bond motifs is 1. The van der Waals surface area contributed by atoms with Gasteiger partial charge in [0.2, 0.25) is 0 Å². The third-order valence-corrected chi connectivity index (χ3v) is 2.86. The Labute approximate surface area is 106 Å². The molecule has 17 heavy (non-hydrogen) atoms. The van der Waals surface area contributed by atoms with Crippen molar-refractivity contribution in [1.82, 2.24) is 9.97 Å². The van der Waals surface area contributed by atoms with Gasteiger partial charge in [-0.25, -0.2) is 9.97 Å². The van der Waals surface area contributed by atoms with E-state index in [4.69, 9.17) is 11.6 Å². The number of hydrogen-bond acceptors (Lipinski definition) is 3. The molecule has 1 aromatic heterocycles. The van der Waals surface area contributed by atoms with Crippen LogP contribution < -0.4 is 5.32 Å². The highest BCUT2D eigenvalue weighted by Crippen LogP contribution is 2.15. The first-order valence-corrected chi connectivity index (χ1v) is 6.38. The van der Waals surface area contributed by atoms with E-state index in [2.05, 4.69) is 15.3 Å². The molecule has 1 N–H and O–H groups in total. The molecule has 2 aromatic rings. The molecule has 3 nitrogen and oxygen atoms in total. The van der Waals surface area contributed by atoms with Crippen LogP contribution in [0.15, 0.2) is 24.3 Å². The van der Waals surface area contributed by atoms with E-state index >= 15 is 0 Å². The van der Waals surface area contributed by atoms with Crippen molar-refractivity contribution in [2.75, 3.05) is 17.7 Å². The minimum absolute atomic E-state index is 0.712. The molecule has 0 bridgehead atoms. The molecule has 0 aliphatic heterocycles. The van der Waals surface area contributed by atoms with Crippen LogP contribution >= 0.6 is 11.6 Å². The number of halogens is 1. The second kappa shape index (κ2) is 5.82. The van der Waals surface area contributed by atoms with E-state index in [1.165, 1.54) is 0 Å². The van der Waals surface area contributed by atoms with Crippen molar-refractivity contribution in [2.24, 2.45) is 0 Å². The number of aromatic nitrogens is 2. The molecule has 0 atom stereocenters. The molecule has 0 amide bonds. The van der Waals surface area contributed by atoms with Crippen molar-refractivity contribution < 1.29 is 0 Å². The molecule has 2 rings (SSSR count). The van der Waals surface area contributed by atoms with E-state index in [9.17, 15) is 0 Å². The standard InChI is InChI=1S/C13H16ClN3/c1-10-13(15-9-5-4-8-14)17-12-7-3-2-6-11(12)16-10/h2-3,6-7H,4-5,8-9H2,1H3,(H,15,17). The fraction of sp³-hybridized carbons (Fsp3) is 0.385. The molecule has 0 radical (unpaired) electrons. The minimum Gasteiger partial charge on any atom is -0.369 e. The van der Waals surface area contributed by atoms with Gasteiger partial charge >= 0.3 is 0 Å². The lowest BCUT2D eigenvalue weighted by atomic mass is 10.3. The van der Waals surface area contributed by atoms with Crippen LogP contribution in [0, 0.1) is 6.92 Å². The summed E-state index contributed by atoms with van der Waals surface area (Å²) in [5.74, 6) is 1.59. The largest absolute Gasteiger partial charge is 0.369 e. The van der Waals surface area contributed by atoms with E-state index in [0.29, 0.717) is 5.88 Å². The summed E-state index contributed by atoms with van der Waals surface area (Å²) < 4.78 is 0. The fourth-order valence-electron chi connectivity index (χ4n) is 1.68. The van der Waals surface area contributed by atoms with Crippen molar-refractivity contribution in [3.8, 4) is 0 Å². The summed E-state index contributed by atoms with van der Waals surface area (Å²) in [5.41, 5.74) is 2.81. The molecule has 0 saturated carbocycles. The van der Waals surface area contributed by atoms with Gasteiger partial charge in [-0.2, -0.15) is 0 Å². The van der Waals surface area contributed by atoms with Gasteiger partial charge < -0.3 is 5.32 Å². The summed E-state index contributed by atoms with van der Waals surface area (Å²) in [7, 11) is 0. The molecule has 0 fully saturated rings. The summed E-state index contributed by atoms with van der Waals surface area (Å²) in [5, 5.41) is 3.31. The van der Waals surface area contributed by atoms with Crippen LogP contribution in [0.5, 0.6) is 0 Å². The van der Waals surface area contributed by atoms with Gasteiger partial charge in [-0.1, -0.05) is 12.1 Å². The Balaban J connectivity index is 2.14. The summed E-state index contributed by atoms with van der Waals surface area (Å²) in [6.07, 6.45) is 2.08. The highest BCUT2D eigenvalue weighted by molar-refractivity contribution is 6.17. The first-order chi connectivity index (χ1) is 8.31. The average Bonchev–Trinajstić information content (AvgIpc) is 2.35. The van der Waals surface area contributed by atoms with Crippen molar-refractivity contribution >= 4 is 28.5 Å². The number of rotatable bonds is 5. The van der Waals surface area contributed by atoms with Crippen LogP contribution in [0.1, 0.15) is 18.5 Å². The summed E-state index contributed by atoms with van der Waals surface area (Å²) in [6, 6.07) is 7.91. The lowest BCUT2D eigenvalue weighted by molar-refractivity contribution is 0.834. The zero-order valence-corrected chi connectivity index (χ0v) is 10.7. The maximum absolute atomic E-state index is 5.64. The molecule has 0 aliphatic rings. The number of benzene rings is 1. The zero-order valence-electron chi connectivity index (χ0n) is 9.91. The van der Waals surface area contributed by atoms with Crippen molar-refractivity contribution in [3.63, 3.8) is 0 Å². The Hall–Kier alpha value is -1.35. The Kier molecular flexibility index (Phi) is 4.15. The van der Waals surface area contributed by atoms with Gasteiger partial charge in [0.05, 0.1) is 16.7 Å². The quantitative estimate of drug-likeness (QED) is 0.652. The molecule has 1 heterocycles. The molecular weight excluding hydrogens is 234 g/mol. The van der Waals surface area contributed by atoms with Crippen LogP contribution in [0.25, 0.3) is 11.0 Å². The molecule has 4 heteroatoms. The van der Waals surface area contributed by atoms with Gasteiger partial charge in [0.1, 0.15) is 5.82 Å². The monoisotopic (exact) mass is 249 g/mol. The number of alkyl halides is 1. The van der Waals surface area contributed by atoms with Crippen LogP contribution in [0.4, 0.5) is 5.82 Å². The molecule has 90 valence electrons. The SMILES string of the molecule is Cc1nc2ccccc2nc1NCCCCCl. The zero-order chi connectivity index (χ0) is 12.1. The lowest BCUT2D eigenvalue weighted by Gasteiger charge is -2.08. The van der Waals surface area contributed by atoms with E-state index in [-0.39, 0.29) is 0 Å². The number of nitrogens with one attached hydrogen (secondary N) is 1. The summed E-state index contributed by atoms with van der Waals surface area (Å²) in [4.78, 5) is 9.09. The van der Waals surface area contributed by atoms with Gasteiger partial charge in [0.15, 0.2) is 0 Å². The molecule has 0 saturated heterocycles. The van der Waals surface area contributed by atoms with E-state index < -0.39 is 0 Å². The second-order valence-corrected chi connectivity index (χ2v) is 4.35. The Morgan fingerprint density at radius 1 is 1.12 bits per heavy atom. The van der Waals surface area contributed by atoms with Crippen LogP contribution in [0.3, 0.4) is 0 Å². The Bertz CT molecular complexity index is 499. The first kappa shape index (κ1) is 12.1. The minimum atomic E-state index is 0.712. The molecular formula is C13H16ClN3. The number of hydrogen-bond donors (Lipinski definition) is 1. The normalized spacial score (nSPS) is 10.7. The van der Waals surface area contributed by atoms with Crippen LogP contribution in [-0.4, -0.2) is 22.4 Å². The Morgan fingerprint density at radius 3 is 2.53 bits per heavy atom. The maximum Gasteiger partial charge on any atom is 0.148 e. The first-order valence-electron chi connectivity index (χ1n) is 5.84. The molecule has 0 spiro atoms. The highest BCUT2D eigenvalue weighted by atomic mass is 35.5. The average molecular weight is 250 g/mol. The topological polar surface area (TPSA) is 37.8 Å². The number of nitrogens with zero attached hydrogens (tertiary/aromatic N) is 2. The molecule has 0 aliphatic carbocycles. The number of anilines is 1. The third kappa shape index (κ3) is 3.07. The predicted molar refractivity (Wildman–Crippen MR) is 72.7 cm³/mol. The predicted octanol–water partition coefficient (Wildman–Crippen LogP) is 3.37. The number of unbranched alkanes of at least 4 members (excludes halogenated alkanes) is 1. The number of aryl methyl sites for hydroxylation is 1. The van der Waals surface area contributed by atoms with Crippen molar-refractivity contribution in [3.05, 3.63) is 30.0 Å². The van der Waals surface area contributed by atoms with E-state index in [0.717, 1.165) is 41.9 Å². The van der Waals surface area contributed by atoms with E-state index in [1.807, 2.05) is 31.2 Å². The van der Waals surface area contributed by atoms with Crippen LogP contribution in [-0.2, 0) is 0 Å². The second-order valence-electron chi connectivity index (χ2n) is 3.97. The summed E-state index contributed by atoms with van der Waals surface area (Å²) >= 11 is 5.64. The van der Waals surface area contributed by atoms with Gasteiger partial charge in [-0.3, -0.25) is 0 Å². The van der Waals surface area contributed by atoms with Gasteiger partial charge in [0, 0.05) is 12.4 Å². The molecule has 0 unspecified atom stereocenters. The third-order valence-electron chi connectivity index (χ3n) is 2.60. The number of para-hydroxylation sites is 2. The Morgan fingerprint density at radius 2 is 1.82 bits per heavy atom.